The van der Waals surface area contributed by atoms with Gasteiger partial charge in [-0.15, -0.1) is 0 Å². The van der Waals surface area contributed by atoms with Crippen molar-refractivity contribution in [2.75, 3.05) is 13.1 Å². The molecular formula is C17H25ClN2O. The van der Waals surface area contributed by atoms with Gasteiger partial charge in [0.1, 0.15) is 0 Å². The van der Waals surface area contributed by atoms with Crippen LogP contribution in [0.4, 0.5) is 0 Å². The Bertz CT molecular complexity index is 464. The number of carbonyl (C=O) groups is 1. The fraction of sp³-hybridized carbons (Fsp3) is 0.588. The van der Waals surface area contributed by atoms with Crippen LogP contribution in [0.2, 0.25) is 5.02 Å². The molecule has 1 amide bonds. The minimum atomic E-state index is -0.0671. The number of hydrogen-bond acceptors (Lipinski definition) is 2. The van der Waals surface area contributed by atoms with Crippen LogP contribution in [-0.4, -0.2) is 29.9 Å². The second kappa shape index (κ2) is 7.28. The first-order valence-electron chi connectivity index (χ1n) is 7.72. The average molecular weight is 309 g/mol. The Kier molecular flexibility index (Phi) is 5.65. The molecule has 1 aromatic rings. The van der Waals surface area contributed by atoms with E-state index in [9.17, 15) is 4.79 Å². The molecule has 1 heterocycles. The van der Waals surface area contributed by atoms with Gasteiger partial charge in [-0.05, 0) is 42.9 Å². The van der Waals surface area contributed by atoms with Crippen LogP contribution in [0, 0.1) is 11.8 Å². The van der Waals surface area contributed by atoms with E-state index in [0.29, 0.717) is 18.4 Å². The second-order valence-corrected chi connectivity index (χ2v) is 6.86. The molecule has 0 spiro atoms. The lowest BCUT2D eigenvalue weighted by Gasteiger charge is -2.38. The van der Waals surface area contributed by atoms with Crippen molar-refractivity contribution in [3.05, 3.63) is 34.9 Å². The van der Waals surface area contributed by atoms with Crippen LogP contribution in [0.5, 0.6) is 0 Å². The van der Waals surface area contributed by atoms with E-state index >= 15 is 0 Å². The number of carbonyl (C=O) groups excluding carboxylic acids is 1. The smallest absolute Gasteiger partial charge is 0.237 e. The highest BCUT2D eigenvalue weighted by Gasteiger charge is 2.28. The molecule has 116 valence electrons. The lowest BCUT2D eigenvalue weighted by Crippen LogP contribution is -2.50. The molecule has 0 aliphatic carbocycles. The molecule has 0 saturated carbocycles. The highest BCUT2D eigenvalue weighted by molar-refractivity contribution is 6.30. The summed E-state index contributed by atoms with van der Waals surface area (Å²) in [6, 6.07) is 7.51. The fourth-order valence-electron chi connectivity index (χ4n) is 3.13. The van der Waals surface area contributed by atoms with Crippen LogP contribution in [0.15, 0.2) is 24.3 Å². The van der Waals surface area contributed by atoms with E-state index in [1.54, 1.807) is 0 Å². The third kappa shape index (κ3) is 4.72. The van der Waals surface area contributed by atoms with E-state index in [1.165, 1.54) is 6.42 Å². The summed E-state index contributed by atoms with van der Waals surface area (Å²) in [5, 5.41) is 3.74. The number of benzene rings is 1. The maximum atomic E-state index is 12.3. The van der Waals surface area contributed by atoms with Gasteiger partial charge in [0.15, 0.2) is 0 Å². The summed E-state index contributed by atoms with van der Waals surface area (Å²) in [6.07, 6.45) is 1.26. The molecule has 1 aliphatic heterocycles. The Morgan fingerprint density at radius 3 is 2.43 bits per heavy atom. The second-order valence-electron chi connectivity index (χ2n) is 6.42. The fourth-order valence-corrected chi connectivity index (χ4v) is 3.26. The minimum absolute atomic E-state index is 0.0671. The van der Waals surface area contributed by atoms with Gasteiger partial charge in [-0.25, -0.2) is 0 Å². The average Bonchev–Trinajstić information content (AvgIpc) is 2.44. The summed E-state index contributed by atoms with van der Waals surface area (Å²) >= 11 is 5.86. The van der Waals surface area contributed by atoms with Crippen LogP contribution in [0.3, 0.4) is 0 Å². The molecule has 3 atom stereocenters. The summed E-state index contributed by atoms with van der Waals surface area (Å²) in [7, 11) is 0. The van der Waals surface area contributed by atoms with E-state index in [4.69, 9.17) is 11.6 Å². The van der Waals surface area contributed by atoms with E-state index in [0.717, 1.165) is 23.7 Å². The van der Waals surface area contributed by atoms with Crippen molar-refractivity contribution in [3.63, 3.8) is 0 Å². The number of piperidine rings is 1. The van der Waals surface area contributed by atoms with E-state index in [1.807, 2.05) is 31.2 Å². The van der Waals surface area contributed by atoms with Crippen LogP contribution in [-0.2, 0) is 11.3 Å². The molecule has 0 aromatic heterocycles. The number of amides is 1. The molecule has 1 aromatic carbocycles. The molecular weight excluding hydrogens is 284 g/mol. The lowest BCUT2D eigenvalue weighted by molar-refractivity contribution is -0.127. The standard InChI is InChI=1S/C17H25ClN2O/c1-12-8-13(2)11-20(10-12)14(3)17(21)19-9-15-4-6-16(18)7-5-15/h4-7,12-14H,8-11H2,1-3H3,(H,19,21)/t12-,13+,14-/m0/s1. The Labute approximate surface area is 132 Å². The molecule has 1 saturated heterocycles. The van der Waals surface area contributed by atoms with Crippen LogP contribution >= 0.6 is 11.6 Å². The highest BCUT2D eigenvalue weighted by atomic mass is 35.5. The van der Waals surface area contributed by atoms with Crippen molar-refractivity contribution in [1.82, 2.24) is 10.2 Å². The molecule has 0 unspecified atom stereocenters. The summed E-state index contributed by atoms with van der Waals surface area (Å²) in [6.45, 7) is 9.11. The molecule has 0 radical (unpaired) electrons. The monoisotopic (exact) mass is 308 g/mol. The number of halogens is 1. The molecule has 3 nitrogen and oxygen atoms in total. The van der Waals surface area contributed by atoms with Crippen molar-refractivity contribution in [1.29, 1.82) is 0 Å². The number of rotatable bonds is 4. The normalized spacial score (nSPS) is 24.6. The maximum absolute atomic E-state index is 12.3. The first-order chi connectivity index (χ1) is 9.95. The first kappa shape index (κ1) is 16.3. The van der Waals surface area contributed by atoms with Gasteiger partial charge in [0.25, 0.3) is 0 Å². The summed E-state index contributed by atoms with van der Waals surface area (Å²) in [5.74, 6) is 1.44. The van der Waals surface area contributed by atoms with Crippen molar-refractivity contribution < 1.29 is 4.79 Å². The van der Waals surface area contributed by atoms with Gasteiger partial charge < -0.3 is 5.32 Å². The molecule has 1 aliphatic rings. The van der Waals surface area contributed by atoms with Gasteiger partial charge in [0.05, 0.1) is 6.04 Å². The van der Waals surface area contributed by atoms with Gasteiger partial charge in [-0.2, -0.15) is 0 Å². The molecule has 1 fully saturated rings. The first-order valence-corrected chi connectivity index (χ1v) is 8.09. The van der Waals surface area contributed by atoms with E-state index in [2.05, 4.69) is 24.1 Å². The third-order valence-electron chi connectivity index (χ3n) is 4.20. The summed E-state index contributed by atoms with van der Waals surface area (Å²) in [5.41, 5.74) is 1.07. The lowest BCUT2D eigenvalue weighted by atomic mass is 9.91. The molecule has 21 heavy (non-hydrogen) atoms. The minimum Gasteiger partial charge on any atom is -0.351 e. The molecule has 4 heteroatoms. The van der Waals surface area contributed by atoms with Crippen molar-refractivity contribution in [2.24, 2.45) is 11.8 Å². The van der Waals surface area contributed by atoms with Crippen LogP contribution in [0.25, 0.3) is 0 Å². The largest absolute Gasteiger partial charge is 0.351 e. The van der Waals surface area contributed by atoms with Crippen molar-refractivity contribution in [2.45, 2.75) is 39.8 Å². The predicted octanol–water partition coefficient (Wildman–Crippen LogP) is 3.32. The quantitative estimate of drug-likeness (QED) is 0.925. The van der Waals surface area contributed by atoms with Crippen LogP contribution < -0.4 is 5.32 Å². The molecule has 1 N–H and O–H groups in total. The van der Waals surface area contributed by atoms with Crippen molar-refractivity contribution >= 4 is 17.5 Å². The Morgan fingerprint density at radius 1 is 1.29 bits per heavy atom. The van der Waals surface area contributed by atoms with E-state index < -0.39 is 0 Å². The zero-order chi connectivity index (χ0) is 15.4. The number of nitrogens with one attached hydrogen (secondary N) is 1. The van der Waals surface area contributed by atoms with Gasteiger partial charge in [0, 0.05) is 24.7 Å². The van der Waals surface area contributed by atoms with Crippen LogP contribution in [0.1, 0.15) is 32.8 Å². The van der Waals surface area contributed by atoms with Gasteiger partial charge >= 0.3 is 0 Å². The SMILES string of the molecule is C[C@@H]1C[C@H](C)CN([C@@H](C)C(=O)NCc2ccc(Cl)cc2)C1. The topological polar surface area (TPSA) is 32.3 Å². The molecule has 2 rings (SSSR count). The maximum Gasteiger partial charge on any atom is 0.237 e. The number of likely N-dealkylation sites (tertiary alicyclic amines) is 1. The zero-order valence-electron chi connectivity index (χ0n) is 13.1. The van der Waals surface area contributed by atoms with Gasteiger partial charge in [-0.3, -0.25) is 9.69 Å². The Morgan fingerprint density at radius 2 is 1.86 bits per heavy atom. The number of nitrogens with zero attached hydrogens (tertiary/aromatic N) is 1. The Hall–Kier alpha value is -1.06. The van der Waals surface area contributed by atoms with E-state index in [-0.39, 0.29) is 11.9 Å². The Balaban J connectivity index is 1.86. The third-order valence-corrected chi connectivity index (χ3v) is 4.46. The summed E-state index contributed by atoms with van der Waals surface area (Å²) in [4.78, 5) is 14.6. The predicted molar refractivity (Wildman–Crippen MR) is 87.3 cm³/mol. The van der Waals surface area contributed by atoms with Gasteiger partial charge in [-0.1, -0.05) is 37.6 Å². The van der Waals surface area contributed by atoms with Crippen molar-refractivity contribution in [3.8, 4) is 0 Å². The van der Waals surface area contributed by atoms with Gasteiger partial charge in [0.2, 0.25) is 5.91 Å². The number of hydrogen-bond donors (Lipinski definition) is 1. The zero-order valence-corrected chi connectivity index (χ0v) is 13.9. The highest BCUT2D eigenvalue weighted by Crippen LogP contribution is 2.22. The summed E-state index contributed by atoms with van der Waals surface area (Å²) < 4.78 is 0. The molecule has 0 bridgehead atoms.